The van der Waals surface area contributed by atoms with Crippen LogP contribution in [0.4, 0.5) is 18.9 Å². The fourth-order valence-corrected chi connectivity index (χ4v) is 4.52. The zero-order valence-corrected chi connectivity index (χ0v) is 20.6. The Bertz CT molecular complexity index is 1280. The molecule has 3 aromatic rings. The van der Waals surface area contributed by atoms with Crippen molar-refractivity contribution in [3.63, 3.8) is 0 Å². The number of nitrogens with zero attached hydrogens (tertiary/aromatic N) is 1. The monoisotopic (exact) mass is 516 g/mol. The number of carbonyl (C=O) groups is 2. The van der Waals surface area contributed by atoms with Crippen LogP contribution in [0.5, 0.6) is 11.5 Å². The van der Waals surface area contributed by atoms with Gasteiger partial charge in [-0.25, -0.2) is 0 Å². The Hall–Kier alpha value is -3.95. The first kappa shape index (κ1) is 26.1. The smallest absolute Gasteiger partial charge is 0.420 e. The van der Waals surface area contributed by atoms with Crippen LogP contribution in [0.25, 0.3) is 0 Å². The highest BCUT2D eigenvalue weighted by atomic mass is 19.4. The molecule has 1 aliphatic heterocycles. The Morgan fingerprint density at radius 2 is 1.65 bits per heavy atom. The summed E-state index contributed by atoms with van der Waals surface area (Å²) in [6, 6.07) is 12.3. The van der Waals surface area contributed by atoms with Gasteiger partial charge in [-0.05, 0) is 61.6 Å². The van der Waals surface area contributed by atoms with Crippen LogP contribution in [-0.4, -0.2) is 44.0 Å². The predicted molar refractivity (Wildman–Crippen MR) is 130 cm³/mol. The highest BCUT2D eigenvalue weighted by Crippen LogP contribution is 2.36. The first-order chi connectivity index (χ1) is 17.6. The maximum atomic E-state index is 13.3. The van der Waals surface area contributed by atoms with E-state index >= 15 is 0 Å². The number of nitrogens with one attached hydrogen (secondary N) is 1. The summed E-state index contributed by atoms with van der Waals surface area (Å²) in [7, 11) is 3.02. The van der Waals surface area contributed by atoms with Crippen LogP contribution < -0.4 is 14.8 Å². The van der Waals surface area contributed by atoms with Crippen molar-refractivity contribution in [2.24, 2.45) is 0 Å². The quantitative estimate of drug-likeness (QED) is 0.442. The molecule has 2 amide bonds. The van der Waals surface area contributed by atoms with E-state index in [2.05, 4.69) is 5.32 Å². The van der Waals surface area contributed by atoms with E-state index in [1.165, 1.54) is 26.0 Å². The van der Waals surface area contributed by atoms with E-state index in [4.69, 9.17) is 13.9 Å². The van der Waals surface area contributed by atoms with Crippen molar-refractivity contribution < 1.29 is 36.7 Å². The second-order valence-corrected chi connectivity index (χ2v) is 8.79. The summed E-state index contributed by atoms with van der Waals surface area (Å²) >= 11 is 0. The van der Waals surface area contributed by atoms with Gasteiger partial charge < -0.3 is 24.1 Å². The number of alkyl halides is 3. The van der Waals surface area contributed by atoms with Crippen LogP contribution in [0, 0.1) is 6.92 Å². The van der Waals surface area contributed by atoms with Gasteiger partial charge in [0.25, 0.3) is 11.8 Å². The first-order valence-electron chi connectivity index (χ1n) is 11.7. The summed E-state index contributed by atoms with van der Waals surface area (Å²) < 4.78 is 55.2. The molecule has 2 heterocycles. The van der Waals surface area contributed by atoms with E-state index in [0.29, 0.717) is 54.9 Å². The van der Waals surface area contributed by atoms with E-state index in [1.807, 2.05) is 12.1 Å². The van der Waals surface area contributed by atoms with Crippen LogP contribution in [0.2, 0.25) is 0 Å². The third kappa shape index (κ3) is 5.58. The van der Waals surface area contributed by atoms with Crippen molar-refractivity contribution in [1.29, 1.82) is 0 Å². The first-order valence-corrected chi connectivity index (χ1v) is 11.7. The number of carbonyl (C=O) groups excluding carboxylic acids is 2. The molecular weight excluding hydrogens is 489 g/mol. The van der Waals surface area contributed by atoms with Crippen LogP contribution in [0.15, 0.2) is 53.1 Å². The second kappa shape index (κ2) is 10.6. The third-order valence-electron chi connectivity index (χ3n) is 6.56. The number of aryl methyl sites for hydroxylation is 1. The molecule has 1 saturated heterocycles. The van der Waals surface area contributed by atoms with Crippen LogP contribution in [0.1, 0.15) is 56.4 Å². The molecule has 0 aliphatic carbocycles. The molecule has 0 saturated carbocycles. The molecule has 1 fully saturated rings. The van der Waals surface area contributed by atoms with E-state index in [-0.39, 0.29) is 17.6 Å². The molecule has 2 aromatic carbocycles. The van der Waals surface area contributed by atoms with Gasteiger partial charge in [-0.1, -0.05) is 12.1 Å². The maximum Gasteiger partial charge on any atom is 0.420 e. The largest absolute Gasteiger partial charge is 0.493 e. The lowest BCUT2D eigenvalue weighted by molar-refractivity contribution is -0.138. The van der Waals surface area contributed by atoms with Crippen LogP contribution >= 0.6 is 0 Å². The summed E-state index contributed by atoms with van der Waals surface area (Å²) in [5.74, 6) is 0.126. The number of anilines is 1. The number of piperidine rings is 1. The lowest BCUT2D eigenvalue weighted by Crippen LogP contribution is -2.38. The Kier molecular flexibility index (Phi) is 7.47. The molecule has 0 radical (unpaired) electrons. The van der Waals surface area contributed by atoms with E-state index in [9.17, 15) is 22.8 Å². The number of amides is 2. The van der Waals surface area contributed by atoms with Crippen LogP contribution in [-0.2, 0) is 6.18 Å². The topological polar surface area (TPSA) is 81.0 Å². The standard InChI is InChI=1S/C27H27F3N2O5/c1-16-24(21(15-37-16)27(28,29)30)26(34)32-12-10-18(11-13-32)17-4-7-20(8-5-17)31-25(33)19-6-9-22(35-2)23(14-19)36-3/h4-9,14-15,18H,10-13H2,1-3H3,(H,31,33). The number of hydrogen-bond acceptors (Lipinski definition) is 5. The van der Waals surface area contributed by atoms with E-state index in [1.54, 1.807) is 30.3 Å². The fraction of sp³-hybridized carbons (Fsp3) is 0.333. The average molecular weight is 517 g/mol. The van der Waals surface area contributed by atoms with Gasteiger partial charge in [0.15, 0.2) is 11.5 Å². The molecule has 0 atom stereocenters. The van der Waals surface area contributed by atoms with Gasteiger partial charge in [-0.2, -0.15) is 13.2 Å². The number of rotatable bonds is 6. The SMILES string of the molecule is COc1ccc(C(=O)Nc2ccc(C3CCN(C(=O)c4c(C(F)(F)F)coc4C)CC3)cc2)cc1OC. The number of likely N-dealkylation sites (tertiary alicyclic amines) is 1. The predicted octanol–water partition coefficient (Wildman–Crippen LogP) is 5.90. The third-order valence-corrected chi connectivity index (χ3v) is 6.56. The Morgan fingerprint density at radius 3 is 2.24 bits per heavy atom. The fourth-order valence-electron chi connectivity index (χ4n) is 4.52. The number of furan rings is 1. The minimum Gasteiger partial charge on any atom is -0.493 e. The van der Waals surface area contributed by atoms with Crippen molar-refractivity contribution in [2.45, 2.75) is 31.9 Å². The molecule has 37 heavy (non-hydrogen) atoms. The van der Waals surface area contributed by atoms with Gasteiger partial charge in [0, 0.05) is 24.3 Å². The number of halogens is 3. The highest BCUT2D eigenvalue weighted by Gasteiger charge is 2.40. The van der Waals surface area contributed by atoms with E-state index in [0.717, 1.165) is 5.56 Å². The molecule has 1 aliphatic rings. The lowest BCUT2D eigenvalue weighted by atomic mass is 9.89. The number of ether oxygens (including phenoxy) is 2. The average Bonchev–Trinajstić information content (AvgIpc) is 3.30. The Morgan fingerprint density at radius 1 is 1.00 bits per heavy atom. The van der Waals surface area contributed by atoms with Crippen molar-refractivity contribution in [1.82, 2.24) is 4.90 Å². The molecule has 1 N–H and O–H groups in total. The van der Waals surface area contributed by atoms with Crippen LogP contribution in [0.3, 0.4) is 0 Å². The molecular formula is C27H27F3N2O5. The summed E-state index contributed by atoms with van der Waals surface area (Å²) in [4.78, 5) is 26.9. The van der Waals surface area contributed by atoms with Gasteiger partial charge in [0.2, 0.25) is 0 Å². The molecule has 0 unspecified atom stereocenters. The number of hydrogen-bond donors (Lipinski definition) is 1. The van der Waals surface area contributed by atoms with E-state index < -0.39 is 23.2 Å². The normalized spacial score (nSPS) is 14.4. The van der Waals surface area contributed by atoms with Crippen molar-refractivity contribution in [3.05, 3.63) is 76.7 Å². The lowest BCUT2D eigenvalue weighted by Gasteiger charge is -2.32. The van der Waals surface area contributed by atoms with Gasteiger partial charge in [-0.15, -0.1) is 0 Å². The van der Waals surface area contributed by atoms with Crippen molar-refractivity contribution >= 4 is 17.5 Å². The molecule has 10 heteroatoms. The number of methoxy groups -OCH3 is 2. The molecule has 196 valence electrons. The van der Waals surface area contributed by atoms with Gasteiger partial charge in [0.05, 0.1) is 19.8 Å². The molecule has 7 nitrogen and oxygen atoms in total. The molecule has 0 bridgehead atoms. The molecule has 1 aromatic heterocycles. The second-order valence-electron chi connectivity index (χ2n) is 8.79. The van der Waals surface area contributed by atoms with Crippen molar-refractivity contribution in [3.8, 4) is 11.5 Å². The minimum atomic E-state index is -4.66. The summed E-state index contributed by atoms with van der Waals surface area (Å²) in [5, 5.41) is 2.85. The number of benzene rings is 2. The summed E-state index contributed by atoms with van der Waals surface area (Å²) in [6.45, 7) is 2.03. The zero-order valence-electron chi connectivity index (χ0n) is 20.6. The summed E-state index contributed by atoms with van der Waals surface area (Å²) in [6.07, 6.45) is -2.83. The van der Waals surface area contributed by atoms with Gasteiger partial charge in [-0.3, -0.25) is 9.59 Å². The Labute approximate surface area is 212 Å². The van der Waals surface area contributed by atoms with Gasteiger partial charge in [0.1, 0.15) is 17.6 Å². The maximum absolute atomic E-state index is 13.3. The molecule has 4 rings (SSSR count). The van der Waals surface area contributed by atoms with Crippen molar-refractivity contribution in [2.75, 3.05) is 32.6 Å². The van der Waals surface area contributed by atoms with Gasteiger partial charge >= 0.3 is 6.18 Å². The summed E-state index contributed by atoms with van der Waals surface area (Å²) in [5.41, 5.74) is 0.613. The molecule has 0 spiro atoms. The minimum absolute atomic E-state index is 0.0369. The zero-order chi connectivity index (χ0) is 26.7. The Balaban J connectivity index is 1.37. The highest BCUT2D eigenvalue weighted by molar-refractivity contribution is 6.04.